The molecule has 0 unspecified atom stereocenters. The highest BCUT2D eigenvalue weighted by Crippen LogP contribution is 2.27. The smallest absolute Gasteiger partial charge is 0.408 e. The molecule has 0 fully saturated rings. The maximum Gasteiger partial charge on any atom is 0.408 e. The first-order valence-electron chi connectivity index (χ1n) is 17.5. The summed E-state index contributed by atoms with van der Waals surface area (Å²) in [5, 5.41) is 14.6. The number of nitrogens with zero attached hydrogens (tertiary/aromatic N) is 1. The minimum Gasteiger partial charge on any atom is -0.481 e. The average Bonchev–Trinajstić information content (AvgIpc) is 3.41. The molecule has 2 amide bonds. The van der Waals surface area contributed by atoms with Gasteiger partial charge in [-0.05, 0) is 51.3 Å². The summed E-state index contributed by atoms with van der Waals surface area (Å²) in [4.78, 5) is 39.2. The summed E-state index contributed by atoms with van der Waals surface area (Å²) >= 11 is 1.33. The van der Waals surface area contributed by atoms with Crippen molar-refractivity contribution >= 4 is 39.5 Å². The third-order valence-electron chi connectivity index (χ3n) is 7.66. The second-order valence-corrected chi connectivity index (χ2v) is 13.9. The maximum absolute atomic E-state index is 13.3. The number of thiazole rings is 1. The number of aromatic nitrogens is 1. The molecule has 0 saturated heterocycles. The summed E-state index contributed by atoms with van der Waals surface area (Å²) in [5.74, 6) is -1.41. The monoisotopic (exact) mass is 665 g/mol. The van der Waals surface area contributed by atoms with E-state index in [2.05, 4.69) is 22.5 Å². The van der Waals surface area contributed by atoms with Crippen LogP contribution in [0.15, 0.2) is 18.2 Å². The molecule has 0 aliphatic heterocycles. The van der Waals surface area contributed by atoms with Gasteiger partial charge in [-0.25, -0.2) is 14.2 Å². The Balaban J connectivity index is 0.000000479. The van der Waals surface area contributed by atoms with Gasteiger partial charge in [-0.2, -0.15) is 0 Å². The van der Waals surface area contributed by atoms with Crippen molar-refractivity contribution in [3.05, 3.63) is 29.0 Å². The lowest BCUT2D eigenvalue weighted by Gasteiger charge is -2.23. The highest BCUT2D eigenvalue weighted by molar-refractivity contribution is 7.18. The highest BCUT2D eigenvalue weighted by atomic mass is 32.1. The lowest BCUT2D eigenvalue weighted by molar-refractivity contribution is -0.137. The zero-order chi connectivity index (χ0) is 34.3. The van der Waals surface area contributed by atoms with E-state index < -0.39 is 18.1 Å². The number of nitrogens with one attached hydrogen (secondary N) is 2. The van der Waals surface area contributed by atoms with Crippen LogP contribution in [0.4, 0.5) is 9.18 Å². The molecule has 0 saturated carbocycles. The third kappa shape index (κ3) is 19.0. The average molecular weight is 666 g/mol. The van der Waals surface area contributed by atoms with E-state index in [0.29, 0.717) is 16.9 Å². The van der Waals surface area contributed by atoms with Crippen LogP contribution in [0.3, 0.4) is 0 Å². The predicted octanol–water partition coefficient (Wildman–Crippen LogP) is 10.1. The number of carboxylic acid groups (broad SMARTS) is 1. The van der Waals surface area contributed by atoms with E-state index in [1.54, 1.807) is 26.8 Å². The second kappa shape index (κ2) is 24.4. The Labute approximate surface area is 280 Å². The molecule has 8 nitrogen and oxygen atoms in total. The van der Waals surface area contributed by atoms with E-state index in [-0.39, 0.29) is 29.8 Å². The number of fused-ring (bicyclic) bond motifs is 1. The number of carbonyl (C=O) groups is 3. The molecule has 0 radical (unpaired) electrons. The first kappa shape index (κ1) is 41.3. The normalized spacial score (nSPS) is 12.5. The summed E-state index contributed by atoms with van der Waals surface area (Å²) in [7, 11) is 0. The van der Waals surface area contributed by atoms with Crippen molar-refractivity contribution < 1.29 is 28.6 Å². The van der Waals surface area contributed by atoms with Gasteiger partial charge in [-0.15, -0.1) is 11.3 Å². The van der Waals surface area contributed by atoms with Crippen molar-refractivity contribution in [2.45, 2.75) is 162 Å². The van der Waals surface area contributed by atoms with Crippen LogP contribution >= 0.6 is 11.3 Å². The molecule has 0 aliphatic rings. The Morgan fingerprint density at radius 3 is 1.83 bits per heavy atom. The summed E-state index contributed by atoms with van der Waals surface area (Å²) in [5.41, 5.74) is 0.687. The molecule has 262 valence electrons. The van der Waals surface area contributed by atoms with Crippen molar-refractivity contribution in [3.63, 3.8) is 0 Å². The molecule has 1 aromatic heterocycles. The van der Waals surface area contributed by atoms with Crippen LogP contribution < -0.4 is 10.6 Å². The summed E-state index contributed by atoms with van der Waals surface area (Å²) in [6.45, 7) is 11.2. The number of alkyl carbamates (subject to hydrolysis) is 1. The minimum atomic E-state index is -0.726. The van der Waals surface area contributed by atoms with Crippen molar-refractivity contribution in [2.24, 2.45) is 5.92 Å². The Bertz CT molecular complexity index is 1140. The number of halogens is 1. The number of hydrogen-bond acceptors (Lipinski definition) is 6. The molecule has 0 bridgehead atoms. The van der Waals surface area contributed by atoms with Gasteiger partial charge in [0, 0.05) is 6.42 Å². The largest absolute Gasteiger partial charge is 0.481 e. The number of ether oxygens (including phenoxy) is 1. The van der Waals surface area contributed by atoms with Gasteiger partial charge in [0.05, 0.1) is 22.4 Å². The number of amides is 2. The van der Waals surface area contributed by atoms with Crippen LogP contribution in [0.5, 0.6) is 0 Å². The van der Waals surface area contributed by atoms with E-state index >= 15 is 0 Å². The van der Waals surface area contributed by atoms with E-state index in [9.17, 15) is 18.8 Å². The molecule has 46 heavy (non-hydrogen) atoms. The van der Waals surface area contributed by atoms with Crippen LogP contribution in [0, 0.1) is 11.7 Å². The van der Waals surface area contributed by atoms with Crippen molar-refractivity contribution in [1.82, 2.24) is 15.6 Å². The maximum atomic E-state index is 13.3. The summed E-state index contributed by atoms with van der Waals surface area (Å²) < 4.78 is 19.1. The molecule has 2 rings (SSSR count). The molecule has 0 aliphatic carbocycles. The Morgan fingerprint density at radius 2 is 1.35 bits per heavy atom. The fourth-order valence-electron chi connectivity index (χ4n) is 5.02. The Morgan fingerprint density at radius 1 is 0.826 bits per heavy atom. The standard InChI is InChI=1S/C18H24FN3O3S.C18H36O2/c1-9(2)15(22-18(24)25-10(3)4)16(23)20-11(5)17-21-13-7-6-12(19)8-14(13)26-17;1-2-3-4-5-6-7-8-9-10-11-12-13-14-15-16-17-18(19)20/h6-11,15H,1-5H3,(H,20,23)(H,22,24);2-17H2,1H3,(H,19,20)/t11-,15+;/m1./s1. The van der Waals surface area contributed by atoms with E-state index in [1.165, 1.54) is 107 Å². The number of unbranched alkanes of at least 4 members (excludes halogenated alkanes) is 14. The van der Waals surface area contributed by atoms with Gasteiger partial charge in [0.25, 0.3) is 0 Å². The second-order valence-electron chi connectivity index (χ2n) is 12.8. The topological polar surface area (TPSA) is 118 Å². The zero-order valence-corrected chi connectivity index (χ0v) is 30.0. The van der Waals surface area contributed by atoms with Gasteiger partial charge in [0.1, 0.15) is 16.9 Å². The lowest BCUT2D eigenvalue weighted by atomic mass is 10.0. The minimum absolute atomic E-state index is 0.119. The molecule has 2 atom stereocenters. The SMILES string of the molecule is CC(C)OC(=O)N[C@H](C(=O)N[C@H](C)c1nc2ccc(F)cc2s1)C(C)C.CCCCCCCCCCCCCCCCCC(=O)O. The van der Waals surface area contributed by atoms with Gasteiger partial charge in [-0.3, -0.25) is 9.59 Å². The molecule has 10 heteroatoms. The number of rotatable bonds is 22. The van der Waals surface area contributed by atoms with E-state index in [4.69, 9.17) is 9.84 Å². The van der Waals surface area contributed by atoms with E-state index in [0.717, 1.165) is 17.5 Å². The number of carbonyl (C=O) groups excluding carboxylic acids is 2. The molecule has 1 heterocycles. The Hall–Kier alpha value is -2.75. The summed E-state index contributed by atoms with van der Waals surface area (Å²) in [6, 6.07) is 3.29. The molecular weight excluding hydrogens is 605 g/mol. The third-order valence-corrected chi connectivity index (χ3v) is 8.86. The molecule has 2 aromatic rings. The molecule has 3 N–H and O–H groups in total. The molecule has 1 aromatic carbocycles. The summed E-state index contributed by atoms with van der Waals surface area (Å²) in [6.07, 6.45) is 19.3. The van der Waals surface area contributed by atoms with E-state index in [1.807, 2.05) is 13.8 Å². The molecular formula is C36H60FN3O5S. The van der Waals surface area contributed by atoms with Crippen molar-refractivity contribution in [3.8, 4) is 0 Å². The fourth-order valence-corrected chi connectivity index (χ4v) is 6.02. The Kier molecular flexibility index (Phi) is 21.9. The van der Waals surface area contributed by atoms with Crippen LogP contribution in [0.2, 0.25) is 0 Å². The van der Waals surface area contributed by atoms with Gasteiger partial charge < -0.3 is 20.5 Å². The molecule has 0 spiro atoms. The van der Waals surface area contributed by atoms with Gasteiger partial charge >= 0.3 is 12.1 Å². The zero-order valence-electron chi connectivity index (χ0n) is 29.2. The van der Waals surface area contributed by atoms with Crippen LogP contribution in [-0.4, -0.2) is 40.2 Å². The number of carboxylic acids is 1. The van der Waals surface area contributed by atoms with Gasteiger partial charge in [-0.1, -0.05) is 111 Å². The quantitative estimate of drug-likeness (QED) is 0.108. The first-order chi connectivity index (χ1) is 21.9. The van der Waals surface area contributed by atoms with Gasteiger partial charge in [0.2, 0.25) is 5.91 Å². The van der Waals surface area contributed by atoms with Crippen LogP contribution in [0.1, 0.15) is 155 Å². The fraction of sp³-hybridized carbons (Fsp3) is 0.722. The number of aliphatic carboxylic acids is 1. The lowest BCUT2D eigenvalue weighted by Crippen LogP contribution is -2.50. The van der Waals surface area contributed by atoms with Crippen LogP contribution in [0.25, 0.3) is 10.2 Å². The highest BCUT2D eigenvalue weighted by Gasteiger charge is 2.27. The van der Waals surface area contributed by atoms with Crippen molar-refractivity contribution in [1.29, 1.82) is 0 Å². The number of benzene rings is 1. The van der Waals surface area contributed by atoms with Crippen molar-refractivity contribution in [2.75, 3.05) is 0 Å². The predicted molar refractivity (Wildman–Crippen MR) is 187 cm³/mol. The van der Waals surface area contributed by atoms with Gasteiger partial charge in [0.15, 0.2) is 0 Å². The first-order valence-corrected chi connectivity index (χ1v) is 18.3. The number of hydrogen-bond donors (Lipinski definition) is 3. The van der Waals surface area contributed by atoms with Crippen LogP contribution in [-0.2, 0) is 14.3 Å².